The van der Waals surface area contributed by atoms with Crippen molar-refractivity contribution in [3.63, 3.8) is 0 Å². The Morgan fingerprint density at radius 3 is 2.48 bits per heavy atom. The Labute approximate surface area is 158 Å². The van der Waals surface area contributed by atoms with Crippen molar-refractivity contribution in [3.05, 3.63) is 89.6 Å². The van der Waals surface area contributed by atoms with E-state index < -0.39 is 6.04 Å². The van der Waals surface area contributed by atoms with E-state index in [4.69, 9.17) is 0 Å². The second-order valence-corrected chi connectivity index (χ2v) is 6.78. The van der Waals surface area contributed by atoms with Gasteiger partial charge in [-0.05, 0) is 24.6 Å². The number of carbonyl (C=O) groups is 2. The normalized spacial score (nSPS) is 19.2. The van der Waals surface area contributed by atoms with Crippen LogP contribution >= 0.6 is 0 Å². The summed E-state index contributed by atoms with van der Waals surface area (Å²) < 4.78 is 0. The molecule has 5 nitrogen and oxygen atoms in total. The Hall–Kier alpha value is -3.34. The van der Waals surface area contributed by atoms with E-state index in [2.05, 4.69) is 11.9 Å². The second-order valence-electron chi connectivity index (χ2n) is 6.78. The average Bonchev–Trinajstić information content (AvgIpc) is 3.02. The van der Waals surface area contributed by atoms with Crippen LogP contribution in [-0.2, 0) is 4.79 Å². The van der Waals surface area contributed by atoms with E-state index in [0.717, 1.165) is 22.5 Å². The molecule has 2 aliphatic rings. The molecule has 2 aromatic carbocycles. The van der Waals surface area contributed by atoms with Crippen LogP contribution in [0.4, 0.5) is 10.5 Å². The van der Waals surface area contributed by atoms with Gasteiger partial charge in [-0.15, -0.1) is 6.58 Å². The molecule has 1 atom stereocenters. The molecule has 1 N–H and O–H groups in total. The van der Waals surface area contributed by atoms with Gasteiger partial charge in [-0.3, -0.25) is 9.69 Å². The first-order chi connectivity index (χ1) is 13.1. The van der Waals surface area contributed by atoms with E-state index in [-0.39, 0.29) is 11.9 Å². The number of aryl methyl sites for hydroxylation is 1. The summed E-state index contributed by atoms with van der Waals surface area (Å²) in [4.78, 5) is 29.4. The van der Waals surface area contributed by atoms with Crippen LogP contribution in [0.5, 0.6) is 0 Å². The van der Waals surface area contributed by atoms with Crippen LogP contribution in [0.15, 0.2) is 78.5 Å². The monoisotopic (exact) mass is 359 g/mol. The molecule has 0 aromatic heterocycles. The Balaban J connectivity index is 1.78. The number of hydrogen-bond donors (Lipinski definition) is 1. The van der Waals surface area contributed by atoms with E-state index in [9.17, 15) is 9.59 Å². The summed E-state index contributed by atoms with van der Waals surface area (Å²) in [6.07, 6.45) is 1.67. The summed E-state index contributed by atoms with van der Waals surface area (Å²) in [7, 11) is 0. The van der Waals surface area contributed by atoms with Crippen LogP contribution in [-0.4, -0.2) is 29.9 Å². The molecule has 0 saturated heterocycles. The third-order valence-corrected chi connectivity index (χ3v) is 5.01. The van der Waals surface area contributed by atoms with E-state index >= 15 is 0 Å². The van der Waals surface area contributed by atoms with E-state index in [1.165, 1.54) is 0 Å². The highest BCUT2D eigenvalue weighted by atomic mass is 16.2. The Morgan fingerprint density at radius 1 is 1.11 bits per heavy atom. The van der Waals surface area contributed by atoms with E-state index in [0.29, 0.717) is 18.7 Å². The maximum atomic E-state index is 13.3. The van der Waals surface area contributed by atoms with Gasteiger partial charge in [0.2, 0.25) is 0 Å². The molecule has 2 aliphatic heterocycles. The fourth-order valence-electron chi connectivity index (χ4n) is 3.64. The van der Waals surface area contributed by atoms with Gasteiger partial charge in [0, 0.05) is 12.2 Å². The van der Waals surface area contributed by atoms with Crippen molar-refractivity contribution >= 4 is 17.6 Å². The maximum Gasteiger partial charge on any atom is 0.322 e. The Kier molecular flexibility index (Phi) is 4.28. The number of carbonyl (C=O) groups excluding carboxylic acids is 2. The highest BCUT2D eigenvalue weighted by Gasteiger charge is 2.44. The molecular formula is C22H21N3O2. The summed E-state index contributed by atoms with van der Waals surface area (Å²) in [5.74, 6) is -0.0724. The average molecular weight is 359 g/mol. The van der Waals surface area contributed by atoms with Gasteiger partial charge in [0.15, 0.2) is 0 Å². The molecule has 0 bridgehead atoms. The van der Waals surface area contributed by atoms with E-state index in [1.54, 1.807) is 15.9 Å². The van der Waals surface area contributed by atoms with Crippen molar-refractivity contribution in [2.75, 3.05) is 18.0 Å². The number of hydrogen-bond acceptors (Lipinski definition) is 2. The Morgan fingerprint density at radius 2 is 1.81 bits per heavy atom. The van der Waals surface area contributed by atoms with Crippen molar-refractivity contribution in [2.24, 2.45) is 0 Å². The fraction of sp³-hybridized carbons (Fsp3) is 0.182. The van der Waals surface area contributed by atoms with Gasteiger partial charge in [0.1, 0.15) is 0 Å². The highest BCUT2D eigenvalue weighted by molar-refractivity contribution is 6.11. The zero-order valence-corrected chi connectivity index (χ0v) is 15.2. The zero-order chi connectivity index (χ0) is 19.0. The lowest BCUT2D eigenvalue weighted by molar-refractivity contribution is -0.114. The number of anilines is 1. The molecule has 5 heteroatoms. The smallest absolute Gasteiger partial charge is 0.322 e. The molecular weight excluding hydrogens is 338 g/mol. The molecule has 0 saturated carbocycles. The summed E-state index contributed by atoms with van der Waals surface area (Å²) >= 11 is 0. The summed E-state index contributed by atoms with van der Waals surface area (Å²) in [5.41, 5.74) is 4.24. The van der Waals surface area contributed by atoms with Crippen LogP contribution in [0.1, 0.15) is 17.2 Å². The predicted molar refractivity (Wildman–Crippen MR) is 105 cm³/mol. The molecule has 3 amide bonds. The number of urea groups is 1. The van der Waals surface area contributed by atoms with Gasteiger partial charge in [-0.2, -0.15) is 0 Å². The van der Waals surface area contributed by atoms with Crippen molar-refractivity contribution in [3.8, 4) is 0 Å². The molecule has 136 valence electrons. The first-order valence-corrected chi connectivity index (χ1v) is 8.95. The van der Waals surface area contributed by atoms with E-state index in [1.807, 2.05) is 61.5 Å². The Bertz CT molecular complexity index is 932. The first kappa shape index (κ1) is 17.1. The van der Waals surface area contributed by atoms with Crippen LogP contribution in [0, 0.1) is 6.92 Å². The predicted octanol–water partition coefficient (Wildman–Crippen LogP) is 3.55. The van der Waals surface area contributed by atoms with Crippen molar-refractivity contribution in [1.82, 2.24) is 10.2 Å². The third-order valence-electron chi connectivity index (χ3n) is 5.01. The molecule has 0 aliphatic carbocycles. The number of rotatable bonds is 4. The van der Waals surface area contributed by atoms with Crippen LogP contribution in [0.2, 0.25) is 0 Å². The minimum atomic E-state index is -0.447. The molecule has 27 heavy (non-hydrogen) atoms. The minimum Gasteiger partial charge on any atom is -0.326 e. The zero-order valence-electron chi connectivity index (χ0n) is 15.2. The molecule has 0 fully saturated rings. The van der Waals surface area contributed by atoms with Crippen LogP contribution in [0.25, 0.3) is 0 Å². The van der Waals surface area contributed by atoms with Crippen molar-refractivity contribution < 1.29 is 9.59 Å². The van der Waals surface area contributed by atoms with Gasteiger partial charge < -0.3 is 10.2 Å². The quantitative estimate of drug-likeness (QED) is 0.849. The third kappa shape index (κ3) is 2.91. The standard InChI is InChI=1S/C22H21N3O2/c1-3-13-24-18-14-25(17-11-9-15(2)10-12-17)21(26)19(18)20(23-22(24)27)16-7-5-4-6-8-16/h3-12,20H,1,13-14H2,2H3,(H,23,27). The number of nitrogens with one attached hydrogen (secondary N) is 1. The van der Waals surface area contributed by atoms with Crippen LogP contribution in [0.3, 0.4) is 0 Å². The largest absolute Gasteiger partial charge is 0.326 e. The molecule has 2 heterocycles. The van der Waals surface area contributed by atoms with Gasteiger partial charge in [-0.1, -0.05) is 54.1 Å². The molecule has 1 unspecified atom stereocenters. The number of amides is 3. The molecule has 4 rings (SSSR count). The van der Waals surface area contributed by atoms with Gasteiger partial charge in [0.05, 0.1) is 23.9 Å². The lowest BCUT2D eigenvalue weighted by atomic mass is 9.95. The number of benzene rings is 2. The topological polar surface area (TPSA) is 52.7 Å². The lowest BCUT2D eigenvalue weighted by Crippen LogP contribution is -2.47. The second kappa shape index (κ2) is 6.76. The summed E-state index contributed by atoms with van der Waals surface area (Å²) in [6.45, 7) is 6.50. The molecule has 0 radical (unpaired) electrons. The maximum absolute atomic E-state index is 13.3. The van der Waals surface area contributed by atoms with Gasteiger partial charge in [-0.25, -0.2) is 4.79 Å². The summed E-state index contributed by atoms with van der Waals surface area (Å²) in [5, 5.41) is 2.98. The first-order valence-electron chi connectivity index (χ1n) is 8.95. The fourth-order valence-corrected chi connectivity index (χ4v) is 3.64. The molecule has 0 spiro atoms. The SMILES string of the molecule is C=CCN1C(=O)NC(c2ccccc2)C2=C1CN(c1ccc(C)cc1)C2=O. The summed E-state index contributed by atoms with van der Waals surface area (Å²) in [6, 6.07) is 16.8. The van der Waals surface area contributed by atoms with Crippen molar-refractivity contribution in [2.45, 2.75) is 13.0 Å². The molecule has 2 aromatic rings. The van der Waals surface area contributed by atoms with Crippen molar-refractivity contribution in [1.29, 1.82) is 0 Å². The number of nitrogens with zero attached hydrogens (tertiary/aromatic N) is 2. The highest BCUT2D eigenvalue weighted by Crippen LogP contribution is 2.38. The van der Waals surface area contributed by atoms with Gasteiger partial charge in [0.25, 0.3) is 5.91 Å². The van der Waals surface area contributed by atoms with Crippen LogP contribution < -0.4 is 10.2 Å². The minimum absolute atomic E-state index is 0.0724. The van der Waals surface area contributed by atoms with Gasteiger partial charge >= 0.3 is 6.03 Å². The lowest BCUT2D eigenvalue weighted by Gasteiger charge is -2.32.